The number of carbonyl (C=O) groups excluding carboxylic acids is 1. The molecule has 0 saturated heterocycles. The van der Waals surface area contributed by atoms with Crippen LogP contribution in [0.25, 0.3) is 10.1 Å². The highest BCUT2D eigenvalue weighted by molar-refractivity contribution is 9.10. The number of benzene rings is 2. The average Bonchev–Trinajstić information content (AvgIpc) is 2.87. The minimum atomic E-state index is -0.306. The van der Waals surface area contributed by atoms with Crippen LogP contribution in [0.5, 0.6) is 0 Å². The van der Waals surface area contributed by atoms with Crippen molar-refractivity contribution >= 4 is 61.1 Å². The highest BCUT2D eigenvalue weighted by Gasteiger charge is 2.16. The lowest BCUT2D eigenvalue weighted by Crippen LogP contribution is -2.16. The van der Waals surface area contributed by atoms with E-state index in [0.717, 1.165) is 20.1 Å². The Morgan fingerprint density at radius 3 is 2.64 bits per heavy atom. The number of hydrazone groups is 1. The Bertz CT molecular complexity index is 858. The Kier molecular flexibility index (Phi) is 4.57. The molecular weight excluding hydrogens is 384 g/mol. The summed E-state index contributed by atoms with van der Waals surface area (Å²) < 4.78 is 1.97. The second-order valence-electron chi connectivity index (χ2n) is 4.49. The van der Waals surface area contributed by atoms with E-state index in [1.165, 1.54) is 11.3 Å². The molecular formula is C16H10BrClN2OS. The SMILES string of the molecule is O=C(N/N=C/c1ccc(Br)cc1)c1sc2ccccc2c1Cl. The molecule has 0 unspecified atom stereocenters. The Hall–Kier alpha value is -1.69. The summed E-state index contributed by atoms with van der Waals surface area (Å²) in [6.45, 7) is 0. The number of hydrogen-bond acceptors (Lipinski definition) is 3. The third kappa shape index (κ3) is 3.21. The third-order valence-electron chi connectivity index (χ3n) is 2.99. The maximum absolute atomic E-state index is 12.2. The molecule has 0 spiro atoms. The smallest absolute Gasteiger partial charge is 0.266 e. The summed E-state index contributed by atoms with van der Waals surface area (Å²) >= 11 is 11.0. The van der Waals surface area contributed by atoms with Crippen molar-refractivity contribution < 1.29 is 4.79 Å². The quantitative estimate of drug-likeness (QED) is 0.489. The van der Waals surface area contributed by atoms with E-state index in [9.17, 15) is 4.79 Å². The second-order valence-corrected chi connectivity index (χ2v) is 6.84. The first kappa shape index (κ1) is 15.2. The van der Waals surface area contributed by atoms with Crippen molar-refractivity contribution in [2.75, 3.05) is 0 Å². The van der Waals surface area contributed by atoms with Gasteiger partial charge >= 0.3 is 0 Å². The zero-order chi connectivity index (χ0) is 15.5. The molecule has 0 aliphatic rings. The molecule has 6 heteroatoms. The molecule has 110 valence electrons. The summed E-state index contributed by atoms with van der Waals surface area (Å²) in [6, 6.07) is 15.3. The fraction of sp³-hybridized carbons (Fsp3) is 0. The van der Waals surface area contributed by atoms with E-state index in [1.807, 2.05) is 48.5 Å². The van der Waals surface area contributed by atoms with Gasteiger partial charge in [-0.1, -0.05) is 57.9 Å². The highest BCUT2D eigenvalue weighted by Crippen LogP contribution is 2.34. The minimum Gasteiger partial charge on any atom is -0.266 e. The minimum absolute atomic E-state index is 0.306. The number of nitrogens with one attached hydrogen (secondary N) is 1. The van der Waals surface area contributed by atoms with E-state index < -0.39 is 0 Å². The molecule has 0 fully saturated rings. The predicted octanol–water partition coefficient (Wildman–Crippen LogP) is 5.08. The van der Waals surface area contributed by atoms with Crippen molar-refractivity contribution in [3.05, 3.63) is 68.5 Å². The summed E-state index contributed by atoms with van der Waals surface area (Å²) in [5.74, 6) is -0.306. The van der Waals surface area contributed by atoms with Crippen LogP contribution in [0.3, 0.4) is 0 Å². The van der Waals surface area contributed by atoms with Gasteiger partial charge in [0.15, 0.2) is 0 Å². The summed E-state index contributed by atoms with van der Waals surface area (Å²) in [5.41, 5.74) is 3.40. The molecule has 22 heavy (non-hydrogen) atoms. The van der Waals surface area contributed by atoms with E-state index in [1.54, 1.807) is 6.21 Å². The molecule has 1 N–H and O–H groups in total. The van der Waals surface area contributed by atoms with Crippen LogP contribution in [0.4, 0.5) is 0 Å². The Morgan fingerprint density at radius 1 is 1.18 bits per heavy atom. The van der Waals surface area contributed by atoms with Gasteiger partial charge in [-0.3, -0.25) is 4.79 Å². The third-order valence-corrected chi connectivity index (χ3v) is 5.19. The Morgan fingerprint density at radius 2 is 1.91 bits per heavy atom. The van der Waals surface area contributed by atoms with Crippen molar-refractivity contribution in [3.8, 4) is 0 Å². The van der Waals surface area contributed by atoms with E-state index in [0.29, 0.717) is 9.90 Å². The Balaban J connectivity index is 1.76. The van der Waals surface area contributed by atoms with Crippen LogP contribution >= 0.6 is 38.9 Å². The maximum Gasteiger partial charge on any atom is 0.283 e. The molecule has 1 aromatic heterocycles. The van der Waals surface area contributed by atoms with Crippen LogP contribution in [0.1, 0.15) is 15.2 Å². The van der Waals surface area contributed by atoms with Gasteiger partial charge in [0.05, 0.1) is 11.2 Å². The molecule has 2 aromatic carbocycles. The number of rotatable bonds is 3. The molecule has 0 bridgehead atoms. The number of thiophene rings is 1. The van der Waals surface area contributed by atoms with Gasteiger partial charge in [-0.25, -0.2) is 5.43 Å². The first-order chi connectivity index (χ1) is 10.6. The van der Waals surface area contributed by atoms with Gasteiger partial charge in [-0.2, -0.15) is 5.10 Å². The number of hydrogen-bond donors (Lipinski definition) is 1. The van der Waals surface area contributed by atoms with Gasteiger partial charge in [0, 0.05) is 14.6 Å². The fourth-order valence-electron chi connectivity index (χ4n) is 1.93. The van der Waals surface area contributed by atoms with Gasteiger partial charge in [-0.15, -0.1) is 11.3 Å². The van der Waals surface area contributed by atoms with E-state index in [2.05, 4.69) is 26.5 Å². The zero-order valence-corrected chi connectivity index (χ0v) is 14.4. The van der Waals surface area contributed by atoms with Crippen LogP contribution < -0.4 is 5.43 Å². The fourth-order valence-corrected chi connectivity index (χ4v) is 3.60. The first-order valence-corrected chi connectivity index (χ1v) is 8.40. The van der Waals surface area contributed by atoms with Crippen LogP contribution in [0, 0.1) is 0 Å². The number of fused-ring (bicyclic) bond motifs is 1. The summed E-state index contributed by atoms with van der Waals surface area (Å²) in [6.07, 6.45) is 1.59. The summed E-state index contributed by atoms with van der Waals surface area (Å²) in [5, 5.41) is 5.32. The van der Waals surface area contributed by atoms with Gasteiger partial charge in [0.25, 0.3) is 5.91 Å². The van der Waals surface area contributed by atoms with Crippen LogP contribution in [-0.2, 0) is 0 Å². The van der Waals surface area contributed by atoms with Gasteiger partial charge in [0.1, 0.15) is 4.88 Å². The van der Waals surface area contributed by atoms with Gasteiger partial charge in [-0.05, 0) is 23.8 Å². The van der Waals surface area contributed by atoms with Crippen LogP contribution in [0.2, 0.25) is 5.02 Å². The number of nitrogens with zero attached hydrogens (tertiary/aromatic N) is 1. The lowest BCUT2D eigenvalue weighted by atomic mass is 10.2. The number of amides is 1. The predicted molar refractivity (Wildman–Crippen MR) is 96.0 cm³/mol. The van der Waals surface area contributed by atoms with Crippen molar-refractivity contribution in [1.29, 1.82) is 0 Å². The average molecular weight is 394 g/mol. The molecule has 3 rings (SSSR count). The van der Waals surface area contributed by atoms with Crippen LogP contribution in [0.15, 0.2) is 58.1 Å². The summed E-state index contributed by atoms with van der Waals surface area (Å²) in [7, 11) is 0. The van der Waals surface area contributed by atoms with Crippen molar-refractivity contribution in [3.63, 3.8) is 0 Å². The van der Waals surface area contributed by atoms with Gasteiger partial charge < -0.3 is 0 Å². The van der Waals surface area contributed by atoms with E-state index in [4.69, 9.17) is 11.6 Å². The molecule has 0 saturated carbocycles. The molecule has 1 heterocycles. The normalized spacial score (nSPS) is 11.2. The van der Waals surface area contributed by atoms with Crippen molar-refractivity contribution in [2.24, 2.45) is 5.10 Å². The monoisotopic (exact) mass is 392 g/mol. The number of halogens is 2. The molecule has 0 aliphatic carbocycles. The molecule has 3 aromatic rings. The zero-order valence-electron chi connectivity index (χ0n) is 11.2. The topological polar surface area (TPSA) is 41.5 Å². The van der Waals surface area contributed by atoms with E-state index in [-0.39, 0.29) is 5.91 Å². The maximum atomic E-state index is 12.2. The van der Waals surface area contributed by atoms with Crippen molar-refractivity contribution in [2.45, 2.75) is 0 Å². The molecule has 0 radical (unpaired) electrons. The largest absolute Gasteiger partial charge is 0.283 e. The highest BCUT2D eigenvalue weighted by atomic mass is 79.9. The molecule has 3 nitrogen and oxygen atoms in total. The van der Waals surface area contributed by atoms with Gasteiger partial charge in [0.2, 0.25) is 0 Å². The molecule has 0 aliphatic heterocycles. The standard InChI is InChI=1S/C16H10BrClN2OS/c17-11-7-5-10(6-8-11)9-19-20-16(21)15-14(18)12-3-1-2-4-13(12)22-15/h1-9H,(H,20,21)/b19-9+. The Labute approximate surface area is 144 Å². The number of carbonyl (C=O) groups is 1. The lowest BCUT2D eigenvalue weighted by molar-refractivity contribution is 0.0959. The van der Waals surface area contributed by atoms with Crippen LogP contribution in [-0.4, -0.2) is 12.1 Å². The molecule has 1 amide bonds. The van der Waals surface area contributed by atoms with E-state index >= 15 is 0 Å². The molecule has 0 atom stereocenters. The second kappa shape index (κ2) is 6.60. The van der Waals surface area contributed by atoms with Crippen molar-refractivity contribution in [1.82, 2.24) is 5.43 Å². The first-order valence-electron chi connectivity index (χ1n) is 6.41. The lowest BCUT2D eigenvalue weighted by Gasteiger charge is -1.97. The summed E-state index contributed by atoms with van der Waals surface area (Å²) in [4.78, 5) is 12.6.